The molecule has 1 saturated heterocycles. The highest BCUT2D eigenvalue weighted by atomic mass is 32.1. The largest absolute Gasteiger partial charge is 0.361 e. The van der Waals surface area contributed by atoms with E-state index in [-0.39, 0.29) is 5.82 Å². The van der Waals surface area contributed by atoms with E-state index in [0.717, 1.165) is 28.4 Å². The van der Waals surface area contributed by atoms with Gasteiger partial charge in [-0.3, -0.25) is 0 Å². The van der Waals surface area contributed by atoms with Crippen LogP contribution in [0.2, 0.25) is 0 Å². The van der Waals surface area contributed by atoms with Crippen LogP contribution in [0.15, 0.2) is 18.2 Å². The van der Waals surface area contributed by atoms with E-state index in [1.807, 2.05) is 0 Å². The Labute approximate surface area is 110 Å². The molecule has 3 rings (SSSR count). The number of nitrogens with one attached hydrogen (secondary N) is 1. The van der Waals surface area contributed by atoms with Crippen molar-refractivity contribution < 1.29 is 4.39 Å². The lowest BCUT2D eigenvalue weighted by Crippen LogP contribution is -2.19. The van der Waals surface area contributed by atoms with E-state index in [0.29, 0.717) is 5.92 Å². The van der Waals surface area contributed by atoms with Crippen molar-refractivity contribution in [1.82, 2.24) is 9.88 Å². The van der Waals surface area contributed by atoms with Crippen molar-refractivity contribution in [3.05, 3.63) is 24.0 Å². The molecule has 0 amide bonds. The minimum Gasteiger partial charge on any atom is -0.361 e. The Bertz CT molecular complexity index is 554. The number of halogens is 1. The molecule has 0 bridgehead atoms. The van der Waals surface area contributed by atoms with Crippen LogP contribution in [0, 0.1) is 11.7 Å². The summed E-state index contributed by atoms with van der Waals surface area (Å²) in [5.74, 6) is 0.468. The van der Waals surface area contributed by atoms with Gasteiger partial charge in [0.25, 0.3) is 0 Å². The van der Waals surface area contributed by atoms with E-state index in [1.54, 1.807) is 17.4 Å². The quantitative estimate of drug-likeness (QED) is 0.925. The third kappa shape index (κ3) is 2.47. The average molecular weight is 265 g/mol. The second kappa shape index (κ2) is 4.82. The van der Waals surface area contributed by atoms with Gasteiger partial charge in [0, 0.05) is 19.2 Å². The SMILES string of the molecule is CN1CCC(CNc2nc3cc(F)ccc3s2)C1. The first-order chi connectivity index (χ1) is 8.70. The highest BCUT2D eigenvalue weighted by Crippen LogP contribution is 2.27. The highest BCUT2D eigenvalue weighted by molar-refractivity contribution is 7.22. The third-order valence-corrected chi connectivity index (χ3v) is 4.37. The summed E-state index contributed by atoms with van der Waals surface area (Å²) in [6.07, 6.45) is 1.24. The summed E-state index contributed by atoms with van der Waals surface area (Å²) in [5.41, 5.74) is 0.742. The second-order valence-corrected chi connectivity index (χ2v) is 5.96. The fraction of sp³-hybridized carbons (Fsp3) is 0.462. The number of fused-ring (bicyclic) bond motifs is 1. The van der Waals surface area contributed by atoms with Gasteiger partial charge in [0.2, 0.25) is 0 Å². The van der Waals surface area contributed by atoms with Crippen molar-refractivity contribution >= 4 is 26.7 Å². The normalized spacial score (nSPS) is 20.7. The topological polar surface area (TPSA) is 28.2 Å². The number of hydrogen-bond acceptors (Lipinski definition) is 4. The lowest BCUT2D eigenvalue weighted by molar-refractivity contribution is 0.399. The van der Waals surface area contributed by atoms with Crippen LogP contribution < -0.4 is 5.32 Å². The molecule has 0 saturated carbocycles. The molecule has 3 nitrogen and oxygen atoms in total. The van der Waals surface area contributed by atoms with E-state index in [4.69, 9.17) is 0 Å². The molecule has 5 heteroatoms. The van der Waals surface area contributed by atoms with E-state index in [2.05, 4.69) is 22.2 Å². The molecule has 0 radical (unpaired) electrons. The number of rotatable bonds is 3. The molecule has 1 aliphatic heterocycles. The van der Waals surface area contributed by atoms with Gasteiger partial charge in [0.15, 0.2) is 5.13 Å². The zero-order valence-electron chi connectivity index (χ0n) is 10.3. The molecule has 18 heavy (non-hydrogen) atoms. The minimum atomic E-state index is -0.225. The first kappa shape index (κ1) is 11.9. The van der Waals surface area contributed by atoms with E-state index in [9.17, 15) is 4.39 Å². The van der Waals surface area contributed by atoms with Gasteiger partial charge in [-0.25, -0.2) is 9.37 Å². The Morgan fingerprint density at radius 3 is 3.22 bits per heavy atom. The van der Waals surface area contributed by atoms with Crippen molar-refractivity contribution in [3.8, 4) is 0 Å². The molecule has 1 aromatic carbocycles. The Morgan fingerprint density at radius 1 is 1.56 bits per heavy atom. The molecule has 1 fully saturated rings. The molecular weight excluding hydrogens is 249 g/mol. The zero-order valence-corrected chi connectivity index (χ0v) is 11.1. The van der Waals surface area contributed by atoms with Gasteiger partial charge in [-0.05, 0) is 38.1 Å². The number of likely N-dealkylation sites (tertiary alicyclic amines) is 1. The lowest BCUT2D eigenvalue weighted by atomic mass is 10.1. The number of benzene rings is 1. The number of nitrogens with zero attached hydrogens (tertiary/aromatic N) is 2. The van der Waals surface area contributed by atoms with E-state index < -0.39 is 0 Å². The Balaban J connectivity index is 1.67. The Morgan fingerprint density at radius 2 is 2.44 bits per heavy atom. The molecule has 2 heterocycles. The van der Waals surface area contributed by atoms with E-state index >= 15 is 0 Å². The molecule has 1 N–H and O–H groups in total. The van der Waals surface area contributed by atoms with Crippen LogP contribution in [0.4, 0.5) is 9.52 Å². The summed E-state index contributed by atoms with van der Waals surface area (Å²) in [5, 5.41) is 4.27. The van der Waals surface area contributed by atoms with Crippen LogP contribution >= 0.6 is 11.3 Å². The average Bonchev–Trinajstić information content (AvgIpc) is 2.92. The second-order valence-electron chi connectivity index (χ2n) is 4.93. The maximum atomic E-state index is 13.1. The molecule has 1 aliphatic rings. The molecule has 1 atom stereocenters. The van der Waals surface area contributed by atoms with Crippen LogP contribution in [-0.2, 0) is 0 Å². The maximum Gasteiger partial charge on any atom is 0.183 e. The molecule has 1 unspecified atom stereocenters. The summed E-state index contributed by atoms with van der Waals surface area (Å²) >= 11 is 1.59. The zero-order chi connectivity index (χ0) is 12.5. The van der Waals surface area contributed by atoms with Gasteiger partial charge in [-0.1, -0.05) is 11.3 Å². The summed E-state index contributed by atoms with van der Waals surface area (Å²) < 4.78 is 14.1. The van der Waals surface area contributed by atoms with Crippen LogP contribution in [-0.4, -0.2) is 36.6 Å². The van der Waals surface area contributed by atoms with E-state index in [1.165, 1.54) is 25.1 Å². The number of aromatic nitrogens is 1. The van der Waals surface area contributed by atoms with Gasteiger partial charge in [-0.15, -0.1) is 0 Å². The first-order valence-electron chi connectivity index (χ1n) is 6.19. The van der Waals surface area contributed by atoms with Crippen molar-refractivity contribution in [3.63, 3.8) is 0 Å². The van der Waals surface area contributed by atoms with Gasteiger partial charge in [-0.2, -0.15) is 0 Å². The number of hydrogen-bond donors (Lipinski definition) is 1. The smallest absolute Gasteiger partial charge is 0.183 e. The molecular formula is C13H16FN3S. The van der Waals surface area contributed by atoms with Crippen molar-refractivity contribution in [2.45, 2.75) is 6.42 Å². The maximum absolute atomic E-state index is 13.1. The van der Waals surface area contributed by atoms with Crippen molar-refractivity contribution in [1.29, 1.82) is 0 Å². The van der Waals surface area contributed by atoms with Gasteiger partial charge in [0.1, 0.15) is 5.82 Å². The van der Waals surface area contributed by atoms with Gasteiger partial charge >= 0.3 is 0 Å². The molecule has 0 spiro atoms. The fourth-order valence-corrected chi connectivity index (χ4v) is 3.25. The summed E-state index contributed by atoms with van der Waals surface area (Å²) in [7, 11) is 2.15. The highest BCUT2D eigenvalue weighted by Gasteiger charge is 2.19. The van der Waals surface area contributed by atoms with Crippen molar-refractivity contribution in [2.75, 3.05) is 32.0 Å². The Hall–Kier alpha value is -1.20. The van der Waals surface area contributed by atoms with Crippen LogP contribution in [0.3, 0.4) is 0 Å². The van der Waals surface area contributed by atoms with Crippen LogP contribution in [0.25, 0.3) is 10.2 Å². The number of thiazole rings is 1. The molecule has 96 valence electrons. The summed E-state index contributed by atoms with van der Waals surface area (Å²) in [6.45, 7) is 3.27. The van der Waals surface area contributed by atoms with Crippen LogP contribution in [0.5, 0.6) is 0 Å². The predicted octanol–water partition coefficient (Wildman–Crippen LogP) is 2.80. The summed E-state index contributed by atoms with van der Waals surface area (Å²) in [6, 6.07) is 4.76. The van der Waals surface area contributed by atoms with Gasteiger partial charge in [0.05, 0.1) is 10.2 Å². The molecule has 2 aromatic rings. The molecule has 1 aromatic heterocycles. The lowest BCUT2D eigenvalue weighted by Gasteiger charge is -2.10. The number of anilines is 1. The fourth-order valence-electron chi connectivity index (χ4n) is 2.40. The van der Waals surface area contributed by atoms with Gasteiger partial charge < -0.3 is 10.2 Å². The molecule has 0 aliphatic carbocycles. The van der Waals surface area contributed by atoms with Crippen LogP contribution in [0.1, 0.15) is 6.42 Å². The minimum absolute atomic E-state index is 0.225. The predicted molar refractivity (Wildman–Crippen MR) is 73.7 cm³/mol. The summed E-state index contributed by atoms with van der Waals surface area (Å²) in [4.78, 5) is 6.75. The Kier molecular flexibility index (Phi) is 3.18. The standard InChI is InChI=1S/C13H16FN3S/c1-17-5-4-9(8-17)7-15-13-16-11-6-10(14)2-3-12(11)18-13/h2-3,6,9H,4-5,7-8H2,1H3,(H,15,16). The monoisotopic (exact) mass is 265 g/mol. The third-order valence-electron chi connectivity index (χ3n) is 3.38. The first-order valence-corrected chi connectivity index (χ1v) is 7.01. The van der Waals surface area contributed by atoms with Crippen molar-refractivity contribution in [2.24, 2.45) is 5.92 Å².